The van der Waals surface area contributed by atoms with Gasteiger partial charge in [-0.05, 0) is 106 Å². The minimum atomic E-state index is -0.145. The van der Waals surface area contributed by atoms with Crippen molar-refractivity contribution in [2.24, 2.45) is 0 Å². The minimum Gasteiger partial charge on any atom is -0.454 e. The molecule has 0 fully saturated rings. The van der Waals surface area contributed by atoms with Gasteiger partial charge in [0.1, 0.15) is 11.3 Å². The number of hydrogen-bond acceptors (Lipinski definition) is 5. The van der Waals surface area contributed by atoms with Crippen LogP contribution in [-0.2, 0) is 10.8 Å². The molecular weight excluding hydrogens is 715 g/mol. The van der Waals surface area contributed by atoms with Crippen molar-refractivity contribution in [3.63, 3.8) is 0 Å². The van der Waals surface area contributed by atoms with Crippen molar-refractivity contribution in [3.05, 3.63) is 138 Å². The Balaban J connectivity index is 1.24. The second kappa shape index (κ2) is 10.7. The van der Waals surface area contributed by atoms with Crippen LogP contribution < -0.4 is 25.4 Å². The number of rotatable bonds is 1. The van der Waals surface area contributed by atoms with Crippen LogP contribution >= 0.6 is 11.3 Å². The van der Waals surface area contributed by atoms with Crippen molar-refractivity contribution >= 4 is 99.7 Å². The molecule has 0 amide bonds. The average molecular weight is 755 g/mol. The molecule has 0 saturated carbocycles. The van der Waals surface area contributed by atoms with E-state index in [9.17, 15) is 0 Å². The molecule has 2 aromatic heterocycles. The Hall–Kier alpha value is -5.98. The molecule has 274 valence electrons. The summed E-state index contributed by atoms with van der Waals surface area (Å²) in [5, 5.41) is 4.90. The van der Waals surface area contributed by atoms with E-state index >= 15 is 0 Å². The Morgan fingerprint density at radius 2 is 1.37 bits per heavy atom. The quantitative estimate of drug-likeness (QED) is 0.156. The molecule has 1 aliphatic carbocycles. The van der Waals surface area contributed by atoms with Gasteiger partial charge in [0.2, 0.25) is 0 Å². The van der Waals surface area contributed by atoms with E-state index < -0.39 is 0 Å². The second-order valence-corrected chi connectivity index (χ2v) is 19.0. The molecule has 0 bridgehead atoms. The second-order valence-electron chi connectivity index (χ2n) is 17.9. The predicted molar refractivity (Wildman–Crippen MR) is 240 cm³/mol. The first kappa shape index (κ1) is 32.1. The third-order valence-corrected chi connectivity index (χ3v) is 14.9. The fourth-order valence-electron chi connectivity index (χ4n) is 10.9. The molecule has 0 unspecified atom stereocenters. The fourth-order valence-corrected chi connectivity index (χ4v) is 12.1. The number of ether oxygens (including phenoxy) is 1. The molecule has 4 nitrogen and oxygen atoms in total. The van der Waals surface area contributed by atoms with E-state index in [0.717, 1.165) is 56.9 Å². The summed E-state index contributed by atoms with van der Waals surface area (Å²) in [4.78, 5) is 5.18. The number of thiophene rings is 1. The van der Waals surface area contributed by atoms with Gasteiger partial charge >= 0.3 is 6.85 Å². The lowest BCUT2D eigenvalue weighted by Crippen LogP contribution is -2.62. The lowest BCUT2D eigenvalue weighted by Gasteiger charge is -2.48. The van der Waals surface area contributed by atoms with Crippen LogP contribution in [0, 0.1) is 6.92 Å². The third kappa shape index (κ3) is 4.04. The van der Waals surface area contributed by atoms with Crippen LogP contribution in [0.25, 0.3) is 53.2 Å². The van der Waals surface area contributed by atoms with Gasteiger partial charge in [-0.1, -0.05) is 107 Å². The highest BCUT2D eigenvalue weighted by Crippen LogP contribution is 2.59. The standard InChI is InChI=1S/C51H39BN2O2S/c1-28-25-33-34(51(4,5)24-23-50(33,2)3)26-37(28)53-38-27-43-44(31-14-7-11-20-42(31)57-43)45-32-15-12-19-41-47(32)54(36-16-8-10-18-40(36)55-41)52(46(38)45)35-22-21-30-29-13-6-9-17-39(29)56-49(30)48(35)53/h6-22,25-27H,23-24H2,1-5H3. The smallest absolute Gasteiger partial charge is 0.333 e. The molecule has 9 aromatic rings. The Morgan fingerprint density at radius 3 is 2.23 bits per heavy atom. The molecule has 0 spiro atoms. The first-order valence-electron chi connectivity index (χ1n) is 20.3. The Labute approximate surface area is 336 Å². The van der Waals surface area contributed by atoms with Gasteiger partial charge in [0, 0.05) is 47.9 Å². The zero-order valence-electron chi connectivity index (χ0n) is 32.7. The van der Waals surface area contributed by atoms with Crippen molar-refractivity contribution in [2.75, 3.05) is 9.71 Å². The molecular formula is C51H39BN2O2S. The third-order valence-electron chi connectivity index (χ3n) is 13.8. The highest BCUT2D eigenvalue weighted by Gasteiger charge is 2.50. The van der Waals surface area contributed by atoms with Crippen LogP contribution in [0.4, 0.5) is 28.4 Å². The highest BCUT2D eigenvalue weighted by molar-refractivity contribution is 7.26. The maximum Gasteiger partial charge on any atom is 0.333 e. The number of nitrogens with zero attached hydrogens (tertiary/aromatic N) is 2. The number of anilines is 5. The number of hydrogen-bond donors (Lipinski definition) is 0. The number of benzene rings is 7. The van der Waals surface area contributed by atoms with Crippen molar-refractivity contribution in [1.82, 2.24) is 0 Å². The first-order chi connectivity index (χ1) is 27.7. The summed E-state index contributed by atoms with van der Waals surface area (Å²) in [6.07, 6.45) is 2.33. The molecule has 0 N–H and O–H groups in total. The maximum atomic E-state index is 7.08. The zero-order chi connectivity index (χ0) is 38.1. The fraction of sp³-hybridized carbons (Fsp3) is 0.176. The summed E-state index contributed by atoms with van der Waals surface area (Å²) in [6.45, 7) is 11.9. The van der Waals surface area contributed by atoms with Gasteiger partial charge in [0.25, 0.3) is 0 Å². The summed E-state index contributed by atoms with van der Waals surface area (Å²) in [5.74, 6) is 1.76. The summed E-state index contributed by atoms with van der Waals surface area (Å²) >= 11 is 1.89. The van der Waals surface area contributed by atoms with E-state index in [4.69, 9.17) is 9.15 Å². The van der Waals surface area contributed by atoms with Gasteiger partial charge < -0.3 is 18.9 Å². The van der Waals surface area contributed by atoms with Crippen molar-refractivity contribution in [1.29, 1.82) is 0 Å². The summed E-state index contributed by atoms with van der Waals surface area (Å²) < 4.78 is 16.5. The SMILES string of the molecule is Cc1cc2c(cc1N1c3cc4sc5ccccc5c4c4c3B(c3ccc5c(oc6ccccc65)c31)N1c3ccccc3Oc3cccc-4c31)C(C)(C)CCC2(C)C. The first-order valence-corrected chi connectivity index (χ1v) is 21.1. The van der Waals surface area contributed by atoms with Crippen LogP contribution in [-0.4, -0.2) is 6.85 Å². The van der Waals surface area contributed by atoms with Crippen molar-refractivity contribution < 1.29 is 9.15 Å². The van der Waals surface area contributed by atoms with Gasteiger partial charge in [-0.2, -0.15) is 0 Å². The number of fused-ring (bicyclic) bond motifs is 15. The van der Waals surface area contributed by atoms with E-state index in [0.29, 0.717) is 0 Å². The average Bonchev–Trinajstić information content (AvgIpc) is 3.79. The van der Waals surface area contributed by atoms with E-state index in [-0.39, 0.29) is 17.7 Å². The number of furan rings is 1. The molecule has 13 rings (SSSR count). The lowest BCUT2D eigenvalue weighted by molar-refractivity contribution is 0.332. The van der Waals surface area contributed by atoms with Gasteiger partial charge in [-0.3, -0.25) is 0 Å². The number of para-hydroxylation sites is 4. The highest BCUT2D eigenvalue weighted by atomic mass is 32.1. The van der Waals surface area contributed by atoms with E-state index in [1.165, 1.54) is 76.7 Å². The van der Waals surface area contributed by atoms with Gasteiger partial charge in [0.05, 0.1) is 17.1 Å². The molecule has 57 heavy (non-hydrogen) atoms. The summed E-state index contributed by atoms with van der Waals surface area (Å²) in [5.41, 5.74) is 17.0. The Morgan fingerprint density at radius 1 is 0.632 bits per heavy atom. The van der Waals surface area contributed by atoms with Gasteiger partial charge in [0.15, 0.2) is 11.3 Å². The maximum absolute atomic E-state index is 7.08. The van der Waals surface area contributed by atoms with Gasteiger partial charge in [-0.25, -0.2) is 0 Å². The zero-order valence-corrected chi connectivity index (χ0v) is 33.5. The largest absolute Gasteiger partial charge is 0.454 e. The Bertz CT molecular complexity index is 3280. The molecule has 7 aromatic carbocycles. The minimum absolute atomic E-state index is 0.0432. The van der Waals surface area contributed by atoms with E-state index in [2.05, 4.69) is 166 Å². The molecule has 0 radical (unpaired) electrons. The Kier molecular flexibility index (Phi) is 6.03. The summed E-state index contributed by atoms with van der Waals surface area (Å²) in [7, 11) is 0. The van der Waals surface area contributed by atoms with Crippen molar-refractivity contribution in [3.8, 4) is 22.6 Å². The number of aryl methyl sites for hydroxylation is 1. The molecule has 4 aliphatic rings. The van der Waals surface area contributed by atoms with Gasteiger partial charge in [-0.15, -0.1) is 11.3 Å². The molecule has 6 heteroatoms. The predicted octanol–water partition coefficient (Wildman–Crippen LogP) is 13.4. The van der Waals surface area contributed by atoms with Crippen LogP contribution in [0.1, 0.15) is 57.2 Å². The molecule has 0 saturated heterocycles. The molecule has 3 aliphatic heterocycles. The van der Waals surface area contributed by atoms with E-state index in [1.807, 2.05) is 11.3 Å². The molecule has 0 atom stereocenters. The topological polar surface area (TPSA) is 28.9 Å². The monoisotopic (exact) mass is 754 g/mol. The summed E-state index contributed by atoms with van der Waals surface area (Å²) in [6, 6.07) is 44.9. The van der Waals surface area contributed by atoms with Crippen LogP contribution in [0.15, 0.2) is 126 Å². The van der Waals surface area contributed by atoms with Crippen LogP contribution in [0.2, 0.25) is 0 Å². The van der Waals surface area contributed by atoms with Crippen molar-refractivity contribution in [2.45, 2.75) is 58.3 Å². The van der Waals surface area contributed by atoms with E-state index in [1.54, 1.807) is 0 Å². The van der Waals surface area contributed by atoms with Crippen LogP contribution in [0.5, 0.6) is 11.5 Å². The van der Waals surface area contributed by atoms with Crippen LogP contribution in [0.3, 0.4) is 0 Å². The lowest BCUT2D eigenvalue weighted by atomic mass is 9.43. The normalized spacial score (nSPS) is 16.7. The molecule has 5 heterocycles.